The van der Waals surface area contributed by atoms with Gasteiger partial charge in [0.1, 0.15) is 30.8 Å². The van der Waals surface area contributed by atoms with Crippen LogP contribution in [0.5, 0.6) is 11.5 Å². The molecule has 204 valence electrons. The van der Waals surface area contributed by atoms with Crippen LogP contribution in [0.4, 0.5) is 13.2 Å². The molecule has 0 spiro atoms. The molecule has 0 saturated heterocycles. The summed E-state index contributed by atoms with van der Waals surface area (Å²) in [5, 5.41) is 15.6. The van der Waals surface area contributed by atoms with Gasteiger partial charge in [-0.15, -0.1) is 0 Å². The Morgan fingerprint density at radius 3 is 2.35 bits per heavy atom. The van der Waals surface area contributed by atoms with Crippen LogP contribution in [-0.4, -0.2) is 62.7 Å². The Kier molecular flexibility index (Phi) is 11.5. The van der Waals surface area contributed by atoms with Crippen molar-refractivity contribution in [2.45, 2.75) is 50.5 Å². The highest BCUT2D eigenvalue weighted by Gasteiger charge is 2.33. The van der Waals surface area contributed by atoms with Gasteiger partial charge in [0.2, 0.25) is 5.91 Å². The van der Waals surface area contributed by atoms with Gasteiger partial charge < -0.3 is 30.0 Å². The van der Waals surface area contributed by atoms with Crippen molar-refractivity contribution in [2.75, 3.05) is 39.5 Å². The summed E-state index contributed by atoms with van der Waals surface area (Å²) in [7, 11) is 0. The molecule has 2 aromatic rings. The summed E-state index contributed by atoms with van der Waals surface area (Å²) in [5.74, 6) is 0.810. The maximum absolute atomic E-state index is 13.0. The molecular weight excluding hydrogens is 489 g/mol. The Labute approximate surface area is 215 Å². The largest absolute Gasteiger partial charge is 0.491 e. The van der Waals surface area contributed by atoms with Crippen LogP contribution in [0.25, 0.3) is 0 Å². The van der Waals surface area contributed by atoms with Gasteiger partial charge in [-0.2, -0.15) is 13.2 Å². The van der Waals surface area contributed by atoms with Gasteiger partial charge in [0.15, 0.2) is 0 Å². The zero-order valence-corrected chi connectivity index (χ0v) is 20.8. The van der Waals surface area contributed by atoms with Gasteiger partial charge in [0.05, 0.1) is 24.7 Å². The number of aliphatic hydroxyl groups excluding tert-OH is 1. The number of hydrogen-bond donors (Lipinski definition) is 3. The lowest BCUT2D eigenvalue weighted by Crippen LogP contribution is -2.37. The molecule has 1 atom stereocenters. The first-order valence-corrected chi connectivity index (χ1v) is 12.6. The summed E-state index contributed by atoms with van der Waals surface area (Å²) in [6.07, 6.45) is -0.528. The normalized spacial score (nSPS) is 14.9. The van der Waals surface area contributed by atoms with Gasteiger partial charge in [0.25, 0.3) is 0 Å². The molecule has 10 heteroatoms. The smallest absolute Gasteiger partial charge is 0.416 e. The van der Waals surface area contributed by atoms with Crippen molar-refractivity contribution in [1.29, 1.82) is 0 Å². The number of aliphatic hydroxyl groups is 1. The molecule has 0 aliphatic heterocycles. The van der Waals surface area contributed by atoms with E-state index in [4.69, 9.17) is 14.2 Å². The van der Waals surface area contributed by atoms with Crippen molar-refractivity contribution in [2.24, 2.45) is 0 Å². The van der Waals surface area contributed by atoms with E-state index in [1.807, 2.05) is 0 Å². The second-order valence-corrected chi connectivity index (χ2v) is 8.95. The Bertz CT molecular complexity index is 950. The monoisotopic (exact) mass is 524 g/mol. The first-order chi connectivity index (χ1) is 17.8. The topological polar surface area (TPSA) is 89.1 Å². The van der Waals surface area contributed by atoms with Crippen LogP contribution in [-0.2, 0) is 22.1 Å². The summed E-state index contributed by atoms with van der Waals surface area (Å²) < 4.78 is 56.1. The van der Waals surface area contributed by atoms with E-state index in [-0.39, 0.29) is 31.7 Å². The molecule has 1 unspecified atom stereocenters. The molecule has 2 aromatic carbocycles. The fourth-order valence-electron chi connectivity index (χ4n) is 4.06. The lowest BCUT2D eigenvalue weighted by atomic mass is 10.0. The van der Waals surface area contributed by atoms with Gasteiger partial charge in [-0.3, -0.25) is 4.79 Å². The SMILES string of the molecule is O=C(Cc1ccccc1C(F)(F)F)NCCNCC(O)COc1ccc(OCCOC2CCCC2)cc1. The lowest BCUT2D eigenvalue weighted by molar-refractivity contribution is -0.138. The molecule has 0 radical (unpaired) electrons. The number of ether oxygens (including phenoxy) is 3. The average molecular weight is 525 g/mol. The molecule has 0 aromatic heterocycles. The quantitative estimate of drug-likeness (QED) is 0.308. The van der Waals surface area contributed by atoms with E-state index in [2.05, 4.69) is 10.6 Å². The van der Waals surface area contributed by atoms with Gasteiger partial charge in [-0.25, -0.2) is 0 Å². The van der Waals surface area contributed by atoms with Crippen molar-refractivity contribution < 1.29 is 37.3 Å². The molecule has 1 aliphatic rings. The highest BCUT2D eigenvalue weighted by Crippen LogP contribution is 2.32. The Morgan fingerprint density at radius 2 is 1.65 bits per heavy atom. The highest BCUT2D eigenvalue weighted by molar-refractivity contribution is 5.79. The van der Waals surface area contributed by atoms with Crippen LogP contribution in [0.1, 0.15) is 36.8 Å². The Balaban J connectivity index is 1.23. The number of carbonyl (C=O) groups excluding carboxylic acids is 1. The van der Waals surface area contributed by atoms with E-state index in [1.165, 1.54) is 31.0 Å². The molecule has 7 nitrogen and oxygen atoms in total. The Morgan fingerprint density at radius 1 is 0.973 bits per heavy atom. The molecule has 1 aliphatic carbocycles. The van der Waals surface area contributed by atoms with Crippen LogP contribution in [0.3, 0.4) is 0 Å². The van der Waals surface area contributed by atoms with Crippen LogP contribution in [0.2, 0.25) is 0 Å². The summed E-state index contributed by atoms with van der Waals surface area (Å²) in [6, 6.07) is 12.1. The lowest BCUT2D eigenvalue weighted by Gasteiger charge is -2.15. The third-order valence-electron chi connectivity index (χ3n) is 5.95. The molecule has 1 amide bonds. The predicted octanol–water partition coefficient (Wildman–Crippen LogP) is 3.73. The van der Waals surface area contributed by atoms with Crippen LogP contribution in [0.15, 0.2) is 48.5 Å². The third-order valence-corrected chi connectivity index (χ3v) is 5.95. The first kappa shape index (κ1) is 28.7. The fourth-order valence-corrected chi connectivity index (χ4v) is 4.06. The second-order valence-electron chi connectivity index (χ2n) is 8.95. The zero-order valence-electron chi connectivity index (χ0n) is 20.8. The van der Waals surface area contributed by atoms with Gasteiger partial charge in [-0.05, 0) is 48.7 Å². The van der Waals surface area contributed by atoms with Crippen LogP contribution >= 0.6 is 0 Å². The van der Waals surface area contributed by atoms with Crippen molar-refractivity contribution in [3.63, 3.8) is 0 Å². The summed E-state index contributed by atoms with van der Waals surface area (Å²) >= 11 is 0. The van der Waals surface area contributed by atoms with E-state index in [9.17, 15) is 23.1 Å². The van der Waals surface area contributed by atoms with Crippen molar-refractivity contribution in [1.82, 2.24) is 10.6 Å². The minimum Gasteiger partial charge on any atom is -0.491 e. The number of hydrogen-bond acceptors (Lipinski definition) is 6. The van der Waals surface area contributed by atoms with E-state index in [0.29, 0.717) is 37.4 Å². The number of alkyl halides is 3. The molecule has 3 N–H and O–H groups in total. The van der Waals surface area contributed by atoms with E-state index < -0.39 is 23.8 Å². The fraction of sp³-hybridized carbons (Fsp3) is 0.519. The maximum Gasteiger partial charge on any atom is 0.416 e. The number of carbonyl (C=O) groups is 1. The van der Waals surface area contributed by atoms with Crippen LogP contribution < -0.4 is 20.1 Å². The summed E-state index contributed by atoms with van der Waals surface area (Å²) in [6.45, 7) is 1.92. The number of nitrogens with one attached hydrogen (secondary N) is 2. The number of benzene rings is 2. The van der Waals surface area contributed by atoms with Gasteiger partial charge in [-0.1, -0.05) is 31.0 Å². The maximum atomic E-state index is 13.0. The minimum absolute atomic E-state index is 0.0686. The number of halogens is 3. The van der Waals surface area contributed by atoms with Crippen molar-refractivity contribution in [3.8, 4) is 11.5 Å². The molecule has 0 heterocycles. The zero-order chi connectivity index (χ0) is 26.5. The second kappa shape index (κ2) is 14.8. The average Bonchev–Trinajstić information content (AvgIpc) is 3.39. The molecule has 1 fully saturated rings. The summed E-state index contributed by atoms with van der Waals surface area (Å²) in [5.41, 5.74) is -0.876. The van der Waals surface area contributed by atoms with Gasteiger partial charge >= 0.3 is 6.18 Å². The highest BCUT2D eigenvalue weighted by atomic mass is 19.4. The molecular formula is C27H35F3N2O5. The Hall–Kier alpha value is -2.82. The molecule has 37 heavy (non-hydrogen) atoms. The number of amides is 1. The van der Waals surface area contributed by atoms with Gasteiger partial charge in [0, 0.05) is 19.6 Å². The van der Waals surface area contributed by atoms with E-state index >= 15 is 0 Å². The number of rotatable bonds is 15. The van der Waals surface area contributed by atoms with Crippen molar-refractivity contribution >= 4 is 5.91 Å². The van der Waals surface area contributed by atoms with Crippen molar-refractivity contribution in [3.05, 3.63) is 59.7 Å². The van der Waals surface area contributed by atoms with E-state index in [1.54, 1.807) is 24.3 Å². The standard InChI is InChI=1S/C27H35F3N2O5/c28-27(29,30)25-8-4-1-5-20(25)17-26(34)32-14-13-31-18-21(33)19-37-24-11-9-23(10-12-24)36-16-15-35-22-6-2-3-7-22/h1,4-5,8-12,21-22,31,33H,2-3,6-7,13-19H2,(H,32,34). The molecule has 0 bridgehead atoms. The van der Waals surface area contributed by atoms with E-state index in [0.717, 1.165) is 18.9 Å². The molecule has 3 rings (SSSR count). The molecule has 1 saturated carbocycles. The summed E-state index contributed by atoms with van der Waals surface area (Å²) in [4.78, 5) is 12.0. The predicted molar refractivity (Wildman–Crippen MR) is 133 cm³/mol. The third kappa shape index (κ3) is 10.6. The minimum atomic E-state index is -4.50. The van der Waals surface area contributed by atoms with Crippen LogP contribution in [0, 0.1) is 0 Å². The first-order valence-electron chi connectivity index (χ1n) is 12.6.